The van der Waals surface area contributed by atoms with Crippen LogP contribution >= 0.6 is 0 Å². The van der Waals surface area contributed by atoms with Gasteiger partial charge in [-0.15, -0.1) is 0 Å². The molecule has 2 atom stereocenters. The van der Waals surface area contributed by atoms with E-state index in [0.29, 0.717) is 24.2 Å². The molecule has 1 heterocycles. The predicted octanol–water partition coefficient (Wildman–Crippen LogP) is 1.23. The molecular weight excluding hydrogens is 278 g/mol. The number of nitriles is 1. The summed E-state index contributed by atoms with van der Waals surface area (Å²) in [7, 11) is 0. The third-order valence-electron chi connectivity index (χ3n) is 4.78. The average Bonchev–Trinajstić information content (AvgIpc) is 3.00. The second-order valence-corrected chi connectivity index (χ2v) is 6.08. The molecular formula is C17H21N3O2. The smallest absolute Gasteiger partial charge is 0.253 e. The van der Waals surface area contributed by atoms with Crippen LogP contribution in [-0.4, -0.2) is 59.1 Å². The van der Waals surface area contributed by atoms with Gasteiger partial charge < -0.3 is 10.0 Å². The summed E-state index contributed by atoms with van der Waals surface area (Å²) in [5.74, 6) is 0.0242. The summed E-state index contributed by atoms with van der Waals surface area (Å²) in [5, 5.41) is 18.8. The second kappa shape index (κ2) is 6.47. The molecule has 1 saturated carbocycles. The molecule has 2 unspecified atom stereocenters. The van der Waals surface area contributed by atoms with Gasteiger partial charge in [0, 0.05) is 37.8 Å². The highest BCUT2D eigenvalue weighted by atomic mass is 16.3. The number of carbonyl (C=O) groups is 1. The molecule has 22 heavy (non-hydrogen) atoms. The summed E-state index contributed by atoms with van der Waals surface area (Å²) in [4.78, 5) is 16.6. The van der Waals surface area contributed by atoms with Crippen molar-refractivity contribution < 1.29 is 9.90 Å². The zero-order chi connectivity index (χ0) is 15.5. The summed E-state index contributed by atoms with van der Waals surface area (Å²) in [6, 6.07) is 9.12. The molecule has 1 aromatic carbocycles. The van der Waals surface area contributed by atoms with Crippen molar-refractivity contribution in [1.82, 2.24) is 9.80 Å². The van der Waals surface area contributed by atoms with Crippen LogP contribution in [0, 0.1) is 11.3 Å². The Bertz CT molecular complexity index is 571. The number of carbonyl (C=O) groups excluding carboxylic acids is 1. The first kappa shape index (κ1) is 15.0. The Morgan fingerprint density at radius 1 is 1.14 bits per heavy atom. The number of rotatable bonds is 2. The van der Waals surface area contributed by atoms with Crippen molar-refractivity contribution in [1.29, 1.82) is 5.26 Å². The maximum atomic E-state index is 12.5. The number of piperazine rings is 1. The Morgan fingerprint density at radius 2 is 1.82 bits per heavy atom. The first-order valence-electron chi connectivity index (χ1n) is 7.90. The van der Waals surface area contributed by atoms with Gasteiger partial charge in [-0.3, -0.25) is 9.69 Å². The second-order valence-electron chi connectivity index (χ2n) is 6.08. The summed E-state index contributed by atoms with van der Waals surface area (Å²) >= 11 is 0. The molecule has 1 N–H and O–H groups in total. The quantitative estimate of drug-likeness (QED) is 0.892. The van der Waals surface area contributed by atoms with Crippen LogP contribution in [0.5, 0.6) is 0 Å². The summed E-state index contributed by atoms with van der Waals surface area (Å²) in [6.07, 6.45) is 2.84. The fraction of sp³-hybridized carbons (Fsp3) is 0.529. The van der Waals surface area contributed by atoms with E-state index in [1.54, 1.807) is 24.3 Å². The van der Waals surface area contributed by atoms with E-state index in [-0.39, 0.29) is 18.1 Å². The van der Waals surface area contributed by atoms with Crippen molar-refractivity contribution in [3.8, 4) is 6.07 Å². The molecule has 2 fully saturated rings. The van der Waals surface area contributed by atoms with Crippen LogP contribution in [-0.2, 0) is 0 Å². The predicted molar refractivity (Wildman–Crippen MR) is 82.3 cm³/mol. The Labute approximate surface area is 130 Å². The van der Waals surface area contributed by atoms with Gasteiger partial charge in [-0.1, -0.05) is 0 Å². The number of amides is 1. The molecule has 2 aliphatic rings. The Balaban J connectivity index is 1.58. The molecule has 0 bridgehead atoms. The Kier molecular flexibility index (Phi) is 4.41. The number of benzene rings is 1. The number of nitrogens with zero attached hydrogens (tertiary/aromatic N) is 3. The zero-order valence-corrected chi connectivity index (χ0v) is 12.6. The van der Waals surface area contributed by atoms with Crippen molar-refractivity contribution in [2.45, 2.75) is 31.4 Å². The molecule has 3 rings (SSSR count). The van der Waals surface area contributed by atoms with Gasteiger partial charge in [0.1, 0.15) is 0 Å². The fourth-order valence-electron chi connectivity index (χ4n) is 3.47. The maximum Gasteiger partial charge on any atom is 0.253 e. The van der Waals surface area contributed by atoms with Gasteiger partial charge in [0.05, 0.1) is 17.7 Å². The summed E-state index contributed by atoms with van der Waals surface area (Å²) in [6.45, 7) is 3.04. The standard InChI is InChI=1S/C17H21N3O2/c18-12-13-4-6-14(7-5-13)17(22)20-10-8-19(9-11-20)15-2-1-3-16(15)21/h4-7,15-16,21H,1-3,8-11H2. The summed E-state index contributed by atoms with van der Waals surface area (Å²) in [5.41, 5.74) is 1.20. The van der Waals surface area contributed by atoms with E-state index in [4.69, 9.17) is 5.26 Å². The first-order chi connectivity index (χ1) is 10.7. The minimum atomic E-state index is -0.208. The molecule has 5 heteroatoms. The summed E-state index contributed by atoms with van der Waals surface area (Å²) < 4.78 is 0. The van der Waals surface area contributed by atoms with Crippen molar-refractivity contribution in [2.75, 3.05) is 26.2 Å². The van der Waals surface area contributed by atoms with Crippen LogP contribution in [0.3, 0.4) is 0 Å². The molecule has 116 valence electrons. The highest BCUT2D eigenvalue weighted by molar-refractivity contribution is 5.94. The lowest BCUT2D eigenvalue weighted by atomic mass is 10.1. The van der Waals surface area contributed by atoms with E-state index in [2.05, 4.69) is 11.0 Å². The van der Waals surface area contributed by atoms with E-state index >= 15 is 0 Å². The normalized spacial score (nSPS) is 25.9. The van der Waals surface area contributed by atoms with Crippen molar-refractivity contribution in [3.05, 3.63) is 35.4 Å². The third-order valence-corrected chi connectivity index (χ3v) is 4.78. The third kappa shape index (κ3) is 2.99. The first-order valence-corrected chi connectivity index (χ1v) is 7.90. The van der Waals surface area contributed by atoms with E-state index in [1.165, 1.54) is 0 Å². The van der Waals surface area contributed by atoms with E-state index in [9.17, 15) is 9.90 Å². The van der Waals surface area contributed by atoms with Crippen LogP contribution in [0.1, 0.15) is 35.2 Å². The van der Waals surface area contributed by atoms with Crippen LogP contribution in [0.15, 0.2) is 24.3 Å². The topological polar surface area (TPSA) is 67.6 Å². The molecule has 5 nitrogen and oxygen atoms in total. The largest absolute Gasteiger partial charge is 0.391 e. The fourth-order valence-corrected chi connectivity index (χ4v) is 3.47. The Hall–Kier alpha value is -1.90. The number of hydrogen-bond donors (Lipinski definition) is 1. The molecule has 1 aromatic rings. The van der Waals surface area contributed by atoms with Crippen LogP contribution in [0.4, 0.5) is 0 Å². The number of aliphatic hydroxyl groups is 1. The number of hydrogen-bond acceptors (Lipinski definition) is 4. The molecule has 0 radical (unpaired) electrons. The lowest BCUT2D eigenvalue weighted by molar-refractivity contribution is 0.0315. The SMILES string of the molecule is N#Cc1ccc(C(=O)N2CCN(C3CCCC3O)CC2)cc1. The van der Waals surface area contributed by atoms with Gasteiger partial charge in [0.25, 0.3) is 5.91 Å². The van der Waals surface area contributed by atoms with Gasteiger partial charge in [0.2, 0.25) is 0 Å². The molecule has 1 aliphatic heterocycles. The molecule has 0 aromatic heterocycles. The van der Waals surface area contributed by atoms with Gasteiger partial charge in [-0.05, 0) is 43.5 Å². The minimum absolute atomic E-state index is 0.0242. The Morgan fingerprint density at radius 3 is 2.36 bits per heavy atom. The van der Waals surface area contributed by atoms with E-state index in [1.807, 2.05) is 4.90 Å². The van der Waals surface area contributed by atoms with Gasteiger partial charge in [0.15, 0.2) is 0 Å². The lowest BCUT2D eigenvalue weighted by Crippen LogP contribution is -2.53. The van der Waals surface area contributed by atoms with Crippen molar-refractivity contribution >= 4 is 5.91 Å². The van der Waals surface area contributed by atoms with Gasteiger partial charge in [-0.25, -0.2) is 0 Å². The lowest BCUT2D eigenvalue weighted by Gasteiger charge is -2.39. The maximum absolute atomic E-state index is 12.5. The zero-order valence-electron chi connectivity index (χ0n) is 12.6. The monoisotopic (exact) mass is 299 g/mol. The highest BCUT2D eigenvalue weighted by Crippen LogP contribution is 2.25. The van der Waals surface area contributed by atoms with Crippen LogP contribution in [0.2, 0.25) is 0 Å². The van der Waals surface area contributed by atoms with Crippen LogP contribution < -0.4 is 0 Å². The average molecular weight is 299 g/mol. The molecule has 1 aliphatic carbocycles. The molecule has 1 saturated heterocycles. The van der Waals surface area contributed by atoms with Gasteiger partial charge in [-0.2, -0.15) is 5.26 Å². The van der Waals surface area contributed by atoms with Gasteiger partial charge >= 0.3 is 0 Å². The molecule has 0 spiro atoms. The van der Waals surface area contributed by atoms with Crippen molar-refractivity contribution in [2.24, 2.45) is 0 Å². The molecule has 1 amide bonds. The number of aliphatic hydroxyl groups excluding tert-OH is 1. The van der Waals surface area contributed by atoms with Crippen LogP contribution in [0.25, 0.3) is 0 Å². The van der Waals surface area contributed by atoms with E-state index in [0.717, 1.165) is 32.4 Å². The highest BCUT2D eigenvalue weighted by Gasteiger charge is 2.33. The minimum Gasteiger partial charge on any atom is -0.391 e. The van der Waals surface area contributed by atoms with E-state index < -0.39 is 0 Å². The van der Waals surface area contributed by atoms with Crippen molar-refractivity contribution in [3.63, 3.8) is 0 Å².